The SMILES string of the molecule is Cn1cc(C(N)c2nc3ncccc3[nH]2)cn1. The smallest absolute Gasteiger partial charge is 0.177 e. The molecule has 6 heteroatoms. The molecule has 0 aliphatic heterocycles. The summed E-state index contributed by atoms with van der Waals surface area (Å²) in [6, 6.07) is 3.48. The third-order valence-corrected chi connectivity index (χ3v) is 2.65. The zero-order valence-corrected chi connectivity index (χ0v) is 9.33. The quantitative estimate of drug-likeness (QED) is 0.677. The average Bonchev–Trinajstić information content (AvgIpc) is 2.93. The first-order valence-corrected chi connectivity index (χ1v) is 5.29. The molecule has 3 heterocycles. The molecule has 17 heavy (non-hydrogen) atoms. The van der Waals surface area contributed by atoms with Crippen molar-refractivity contribution in [1.29, 1.82) is 0 Å². The second kappa shape index (κ2) is 3.67. The highest BCUT2D eigenvalue weighted by molar-refractivity contribution is 5.70. The van der Waals surface area contributed by atoms with Crippen molar-refractivity contribution in [2.45, 2.75) is 6.04 Å². The molecule has 6 nitrogen and oxygen atoms in total. The number of imidazole rings is 1. The van der Waals surface area contributed by atoms with Crippen LogP contribution in [0.3, 0.4) is 0 Å². The molecule has 0 aliphatic rings. The fraction of sp³-hybridized carbons (Fsp3) is 0.182. The number of nitrogens with zero attached hydrogens (tertiary/aromatic N) is 4. The van der Waals surface area contributed by atoms with Crippen molar-refractivity contribution in [3.63, 3.8) is 0 Å². The number of hydrogen-bond donors (Lipinski definition) is 2. The highest BCUT2D eigenvalue weighted by Gasteiger charge is 2.15. The molecular weight excluding hydrogens is 216 g/mol. The topological polar surface area (TPSA) is 85.4 Å². The Hall–Kier alpha value is -2.21. The summed E-state index contributed by atoms with van der Waals surface area (Å²) >= 11 is 0. The second-order valence-corrected chi connectivity index (χ2v) is 3.92. The number of H-pyrrole nitrogens is 1. The minimum atomic E-state index is -0.308. The fourth-order valence-electron chi connectivity index (χ4n) is 1.77. The Bertz CT molecular complexity index is 620. The van der Waals surface area contributed by atoms with Gasteiger partial charge >= 0.3 is 0 Å². The first-order valence-electron chi connectivity index (χ1n) is 5.29. The van der Waals surface area contributed by atoms with E-state index >= 15 is 0 Å². The van der Waals surface area contributed by atoms with E-state index in [1.165, 1.54) is 0 Å². The monoisotopic (exact) mass is 228 g/mol. The van der Waals surface area contributed by atoms with E-state index in [4.69, 9.17) is 5.73 Å². The van der Waals surface area contributed by atoms with Gasteiger partial charge in [-0.2, -0.15) is 5.10 Å². The maximum Gasteiger partial charge on any atom is 0.177 e. The summed E-state index contributed by atoms with van der Waals surface area (Å²) in [4.78, 5) is 11.7. The largest absolute Gasteiger partial charge is 0.339 e. The number of aryl methyl sites for hydroxylation is 1. The molecule has 0 saturated heterocycles. The predicted octanol–water partition coefficient (Wildman–Crippen LogP) is 0.740. The van der Waals surface area contributed by atoms with Crippen molar-refractivity contribution in [3.8, 4) is 0 Å². The van der Waals surface area contributed by atoms with Gasteiger partial charge < -0.3 is 10.7 Å². The van der Waals surface area contributed by atoms with Crippen molar-refractivity contribution < 1.29 is 0 Å². The summed E-state index contributed by atoms with van der Waals surface area (Å²) in [5, 5.41) is 4.10. The van der Waals surface area contributed by atoms with Gasteiger partial charge in [0.15, 0.2) is 5.65 Å². The molecule has 0 amide bonds. The van der Waals surface area contributed by atoms with Crippen LogP contribution in [0.25, 0.3) is 11.2 Å². The zero-order chi connectivity index (χ0) is 11.8. The minimum Gasteiger partial charge on any atom is -0.339 e. The molecule has 86 valence electrons. The average molecular weight is 228 g/mol. The number of fused-ring (bicyclic) bond motifs is 1. The Morgan fingerprint density at radius 3 is 3.06 bits per heavy atom. The number of rotatable bonds is 2. The number of hydrogen-bond acceptors (Lipinski definition) is 4. The Kier molecular flexibility index (Phi) is 2.15. The first-order chi connectivity index (χ1) is 8.24. The summed E-state index contributed by atoms with van der Waals surface area (Å²) in [5.74, 6) is 0.701. The van der Waals surface area contributed by atoms with Crippen molar-refractivity contribution in [2.24, 2.45) is 12.8 Å². The molecule has 0 radical (unpaired) electrons. The molecule has 0 aliphatic carbocycles. The molecule has 3 aromatic heterocycles. The number of nitrogens with two attached hydrogens (primary N) is 1. The van der Waals surface area contributed by atoms with Gasteiger partial charge in [-0.05, 0) is 12.1 Å². The van der Waals surface area contributed by atoms with Gasteiger partial charge in [0, 0.05) is 25.0 Å². The lowest BCUT2D eigenvalue weighted by Gasteiger charge is -2.04. The summed E-state index contributed by atoms with van der Waals surface area (Å²) in [7, 11) is 1.86. The maximum absolute atomic E-state index is 6.12. The van der Waals surface area contributed by atoms with Gasteiger partial charge in [-0.15, -0.1) is 0 Å². The lowest BCUT2D eigenvalue weighted by Crippen LogP contribution is -2.12. The minimum absolute atomic E-state index is 0.308. The van der Waals surface area contributed by atoms with E-state index in [0.717, 1.165) is 11.1 Å². The second-order valence-electron chi connectivity index (χ2n) is 3.92. The number of pyridine rings is 1. The highest BCUT2D eigenvalue weighted by atomic mass is 15.2. The number of aromatic nitrogens is 5. The van der Waals surface area contributed by atoms with E-state index in [0.29, 0.717) is 11.5 Å². The van der Waals surface area contributed by atoms with Crippen LogP contribution in [0.1, 0.15) is 17.4 Å². The van der Waals surface area contributed by atoms with Gasteiger partial charge in [0.2, 0.25) is 0 Å². The maximum atomic E-state index is 6.12. The summed E-state index contributed by atoms with van der Waals surface area (Å²) in [6.45, 7) is 0. The third-order valence-electron chi connectivity index (χ3n) is 2.65. The molecule has 0 bridgehead atoms. The van der Waals surface area contributed by atoms with E-state index in [2.05, 4.69) is 20.1 Å². The van der Waals surface area contributed by atoms with E-state index in [1.54, 1.807) is 17.1 Å². The van der Waals surface area contributed by atoms with Gasteiger partial charge in [-0.25, -0.2) is 9.97 Å². The summed E-state index contributed by atoms with van der Waals surface area (Å²) in [5.41, 5.74) is 8.61. The Morgan fingerprint density at radius 2 is 2.35 bits per heavy atom. The van der Waals surface area contributed by atoms with Crippen LogP contribution in [0.5, 0.6) is 0 Å². The van der Waals surface area contributed by atoms with E-state index in [9.17, 15) is 0 Å². The summed E-state index contributed by atoms with van der Waals surface area (Å²) in [6.07, 6.45) is 5.33. The molecule has 1 atom stereocenters. The van der Waals surface area contributed by atoms with E-state index in [-0.39, 0.29) is 6.04 Å². The van der Waals surface area contributed by atoms with Crippen LogP contribution in [0.15, 0.2) is 30.7 Å². The molecule has 3 N–H and O–H groups in total. The third kappa shape index (κ3) is 1.68. The molecular formula is C11H12N6. The highest BCUT2D eigenvalue weighted by Crippen LogP contribution is 2.18. The summed E-state index contributed by atoms with van der Waals surface area (Å²) < 4.78 is 1.72. The van der Waals surface area contributed by atoms with Gasteiger partial charge in [0.1, 0.15) is 5.82 Å². The molecule has 0 saturated carbocycles. The molecule has 0 fully saturated rings. The van der Waals surface area contributed by atoms with Gasteiger partial charge in [0.25, 0.3) is 0 Å². The molecule has 3 rings (SSSR count). The molecule has 1 unspecified atom stereocenters. The van der Waals surface area contributed by atoms with Crippen molar-refractivity contribution in [2.75, 3.05) is 0 Å². The first kappa shape index (κ1) is 9.98. The van der Waals surface area contributed by atoms with Gasteiger partial charge in [-0.3, -0.25) is 4.68 Å². The fourth-order valence-corrected chi connectivity index (χ4v) is 1.77. The van der Waals surface area contributed by atoms with Crippen LogP contribution in [0.2, 0.25) is 0 Å². The molecule has 0 aromatic carbocycles. The van der Waals surface area contributed by atoms with Crippen LogP contribution in [-0.2, 0) is 7.05 Å². The Labute approximate surface area is 97.5 Å². The Morgan fingerprint density at radius 1 is 1.47 bits per heavy atom. The van der Waals surface area contributed by atoms with E-state index < -0.39 is 0 Å². The Balaban J connectivity index is 2.03. The van der Waals surface area contributed by atoms with Crippen molar-refractivity contribution in [3.05, 3.63) is 42.1 Å². The molecule has 3 aromatic rings. The van der Waals surface area contributed by atoms with Crippen LogP contribution in [0.4, 0.5) is 0 Å². The lowest BCUT2D eigenvalue weighted by molar-refractivity contribution is 0.761. The van der Waals surface area contributed by atoms with Gasteiger partial charge in [-0.1, -0.05) is 0 Å². The van der Waals surface area contributed by atoms with Crippen LogP contribution in [0, 0.1) is 0 Å². The number of aromatic amines is 1. The van der Waals surface area contributed by atoms with Crippen molar-refractivity contribution in [1.82, 2.24) is 24.7 Å². The van der Waals surface area contributed by atoms with Gasteiger partial charge in [0.05, 0.1) is 17.8 Å². The number of nitrogens with one attached hydrogen (secondary N) is 1. The molecule has 0 spiro atoms. The van der Waals surface area contributed by atoms with Crippen LogP contribution in [-0.4, -0.2) is 24.7 Å². The lowest BCUT2D eigenvalue weighted by atomic mass is 10.2. The van der Waals surface area contributed by atoms with Crippen LogP contribution < -0.4 is 5.73 Å². The van der Waals surface area contributed by atoms with E-state index in [1.807, 2.05) is 25.4 Å². The predicted molar refractivity (Wildman–Crippen MR) is 63.1 cm³/mol. The normalized spacial score (nSPS) is 13.1. The van der Waals surface area contributed by atoms with Crippen LogP contribution >= 0.6 is 0 Å². The zero-order valence-electron chi connectivity index (χ0n) is 9.33. The van der Waals surface area contributed by atoms with Crippen molar-refractivity contribution >= 4 is 11.2 Å². The standard InChI is InChI=1S/C11H12N6/c1-17-6-7(5-14-17)9(12)11-15-8-3-2-4-13-10(8)16-11/h2-6,9H,12H2,1H3,(H,13,15,16).